The highest BCUT2D eigenvalue weighted by atomic mass is 16.2. The Morgan fingerprint density at radius 2 is 2.18 bits per heavy atom. The number of amides is 1. The molecular weight excluding hydrogens is 216 g/mol. The fourth-order valence-electron chi connectivity index (χ4n) is 1.58. The molecule has 1 aliphatic heterocycles. The van der Waals surface area contributed by atoms with Crippen LogP contribution in [0.25, 0.3) is 0 Å². The van der Waals surface area contributed by atoms with E-state index >= 15 is 0 Å². The molecule has 5 nitrogen and oxygen atoms in total. The zero-order valence-electron chi connectivity index (χ0n) is 9.79. The van der Waals surface area contributed by atoms with Crippen molar-refractivity contribution in [3.63, 3.8) is 0 Å². The fraction of sp³-hybridized carbons (Fsp3) is 0.250. The average molecular weight is 230 g/mol. The molecule has 0 saturated carbocycles. The highest BCUT2D eigenvalue weighted by molar-refractivity contribution is 6.03. The summed E-state index contributed by atoms with van der Waals surface area (Å²) in [5.74, 6) is -0.456. The molecule has 1 aromatic rings. The van der Waals surface area contributed by atoms with Crippen LogP contribution in [0.1, 0.15) is 11.5 Å². The standard InChI is InChI=1S/C12H14N4O/c1-16(2)8-13-11-6-4-3-5-9(11)10-7-14-15-12(10)17/h3-8,10H,1-2H3,(H,15,17)/t10-/m0/s1. The highest BCUT2D eigenvalue weighted by Gasteiger charge is 2.24. The molecule has 1 atom stereocenters. The van der Waals surface area contributed by atoms with E-state index in [-0.39, 0.29) is 11.8 Å². The van der Waals surface area contributed by atoms with Gasteiger partial charge in [-0.15, -0.1) is 0 Å². The smallest absolute Gasteiger partial charge is 0.253 e. The number of nitrogens with one attached hydrogen (secondary N) is 1. The zero-order chi connectivity index (χ0) is 12.3. The van der Waals surface area contributed by atoms with Gasteiger partial charge in [0.2, 0.25) is 0 Å². The lowest BCUT2D eigenvalue weighted by molar-refractivity contribution is -0.120. The second kappa shape index (κ2) is 4.78. The first-order valence-electron chi connectivity index (χ1n) is 5.31. The van der Waals surface area contributed by atoms with Crippen molar-refractivity contribution in [2.45, 2.75) is 5.92 Å². The molecule has 0 unspecified atom stereocenters. The van der Waals surface area contributed by atoms with Gasteiger partial charge in [-0.3, -0.25) is 4.79 Å². The Labute approximate surface area is 99.8 Å². The summed E-state index contributed by atoms with van der Waals surface area (Å²) in [6.45, 7) is 0. The molecule has 0 aliphatic carbocycles. The Morgan fingerprint density at radius 1 is 1.41 bits per heavy atom. The molecule has 88 valence electrons. The maximum Gasteiger partial charge on any atom is 0.253 e. The first-order chi connectivity index (χ1) is 8.18. The van der Waals surface area contributed by atoms with Gasteiger partial charge in [0.1, 0.15) is 5.92 Å². The highest BCUT2D eigenvalue weighted by Crippen LogP contribution is 2.27. The second-order valence-electron chi connectivity index (χ2n) is 4.00. The van der Waals surface area contributed by atoms with Crippen molar-refractivity contribution < 1.29 is 4.79 Å². The molecule has 5 heteroatoms. The molecule has 2 rings (SSSR count). The van der Waals surface area contributed by atoms with E-state index in [1.807, 2.05) is 43.3 Å². The van der Waals surface area contributed by atoms with Crippen LogP contribution in [0.3, 0.4) is 0 Å². The Balaban J connectivity index is 2.33. The summed E-state index contributed by atoms with van der Waals surface area (Å²) in [6.07, 6.45) is 3.31. The van der Waals surface area contributed by atoms with Gasteiger partial charge in [-0.05, 0) is 11.6 Å². The Hall–Kier alpha value is -2.17. The third kappa shape index (κ3) is 2.50. The van der Waals surface area contributed by atoms with E-state index in [1.165, 1.54) is 0 Å². The monoisotopic (exact) mass is 230 g/mol. The number of aliphatic imine (C=N–C) groups is 1. The SMILES string of the molecule is CN(C)C=Nc1ccccc1[C@@H]1C=NNC1=O. The molecule has 1 aliphatic rings. The van der Waals surface area contributed by atoms with Gasteiger partial charge in [-0.25, -0.2) is 10.4 Å². The topological polar surface area (TPSA) is 57.1 Å². The quantitative estimate of drug-likeness (QED) is 0.624. The van der Waals surface area contributed by atoms with E-state index in [9.17, 15) is 4.79 Å². The molecule has 17 heavy (non-hydrogen) atoms. The Bertz CT molecular complexity index is 479. The number of nitrogens with zero attached hydrogens (tertiary/aromatic N) is 3. The molecule has 1 N–H and O–H groups in total. The minimum atomic E-state index is -0.342. The normalized spacial score (nSPS) is 18.7. The Morgan fingerprint density at radius 3 is 2.82 bits per heavy atom. The van der Waals surface area contributed by atoms with Gasteiger partial charge < -0.3 is 4.90 Å². The summed E-state index contributed by atoms with van der Waals surface area (Å²) in [5.41, 5.74) is 4.08. The van der Waals surface area contributed by atoms with Crippen LogP contribution in [0.15, 0.2) is 34.4 Å². The largest absolute Gasteiger partial charge is 0.369 e. The van der Waals surface area contributed by atoms with Gasteiger partial charge in [0.05, 0.1) is 12.0 Å². The first-order valence-corrected chi connectivity index (χ1v) is 5.31. The minimum Gasteiger partial charge on any atom is -0.369 e. The van der Waals surface area contributed by atoms with Crippen LogP contribution in [-0.4, -0.2) is 37.5 Å². The van der Waals surface area contributed by atoms with Gasteiger partial charge in [-0.2, -0.15) is 5.10 Å². The molecule has 1 heterocycles. The molecule has 0 radical (unpaired) electrons. The van der Waals surface area contributed by atoms with Crippen molar-refractivity contribution in [1.82, 2.24) is 10.3 Å². The van der Waals surface area contributed by atoms with Crippen molar-refractivity contribution in [3.8, 4) is 0 Å². The molecular formula is C12H14N4O. The molecule has 0 fully saturated rings. The van der Waals surface area contributed by atoms with Crippen molar-refractivity contribution in [1.29, 1.82) is 0 Å². The maximum atomic E-state index is 11.6. The van der Waals surface area contributed by atoms with Crippen LogP contribution in [-0.2, 0) is 4.79 Å². The van der Waals surface area contributed by atoms with E-state index < -0.39 is 0 Å². The van der Waals surface area contributed by atoms with Crippen LogP contribution in [0.2, 0.25) is 0 Å². The van der Waals surface area contributed by atoms with E-state index in [0.29, 0.717) is 0 Å². The number of hydrogen-bond donors (Lipinski definition) is 1. The first kappa shape index (κ1) is 11.3. The van der Waals surface area contributed by atoms with Gasteiger partial charge in [0, 0.05) is 20.3 Å². The second-order valence-corrected chi connectivity index (χ2v) is 4.00. The van der Waals surface area contributed by atoms with Gasteiger partial charge in [0.15, 0.2) is 0 Å². The van der Waals surface area contributed by atoms with Crippen molar-refractivity contribution in [3.05, 3.63) is 29.8 Å². The predicted octanol–water partition coefficient (Wildman–Crippen LogP) is 1.11. The number of hydrazone groups is 1. The van der Waals surface area contributed by atoms with Crippen molar-refractivity contribution in [2.75, 3.05) is 14.1 Å². The lowest BCUT2D eigenvalue weighted by Gasteiger charge is -2.09. The van der Waals surface area contributed by atoms with Crippen molar-refractivity contribution in [2.24, 2.45) is 10.1 Å². The van der Waals surface area contributed by atoms with E-state index in [1.54, 1.807) is 12.6 Å². The van der Waals surface area contributed by atoms with Gasteiger partial charge >= 0.3 is 0 Å². The number of hydrogen-bond acceptors (Lipinski definition) is 3. The predicted molar refractivity (Wildman–Crippen MR) is 67.7 cm³/mol. The number of carbonyl (C=O) groups is 1. The number of benzene rings is 1. The maximum absolute atomic E-state index is 11.6. The summed E-state index contributed by atoms with van der Waals surface area (Å²) in [6, 6.07) is 7.57. The van der Waals surface area contributed by atoms with Gasteiger partial charge in [-0.1, -0.05) is 18.2 Å². The lowest BCUT2D eigenvalue weighted by atomic mass is 9.98. The summed E-state index contributed by atoms with van der Waals surface area (Å²) in [4.78, 5) is 17.8. The number of carbonyl (C=O) groups excluding carboxylic acids is 1. The van der Waals surface area contributed by atoms with Gasteiger partial charge in [0.25, 0.3) is 5.91 Å². The van der Waals surface area contributed by atoms with Crippen molar-refractivity contribution >= 4 is 24.1 Å². The Kier molecular flexibility index (Phi) is 3.18. The van der Waals surface area contributed by atoms with Crippen LogP contribution >= 0.6 is 0 Å². The number of para-hydroxylation sites is 1. The third-order valence-electron chi connectivity index (χ3n) is 2.38. The molecule has 0 spiro atoms. The molecule has 0 aromatic heterocycles. The molecule has 0 saturated heterocycles. The molecule has 0 bridgehead atoms. The van der Waals surface area contributed by atoms with Crippen LogP contribution in [0, 0.1) is 0 Å². The third-order valence-corrected chi connectivity index (χ3v) is 2.38. The lowest BCUT2D eigenvalue weighted by Crippen LogP contribution is -2.18. The molecule has 1 aromatic carbocycles. The average Bonchev–Trinajstić information content (AvgIpc) is 2.73. The van der Waals surface area contributed by atoms with Crippen LogP contribution in [0.4, 0.5) is 5.69 Å². The minimum absolute atomic E-state index is 0.113. The summed E-state index contributed by atoms with van der Waals surface area (Å²) >= 11 is 0. The summed E-state index contributed by atoms with van der Waals surface area (Å²) in [5, 5.41) is 3.77. The molecule has 1 amide bonds. The van der Waals surface area contributed by atoms with E-state index in [2.05, 4.69) is 15.5 Å². The van der Waals surface area contributed by atoms with E-state index in [4.69, 9.17) is 0 Å². The van der Waals surface area contributed by atoms with Crippen LogP contribution < -0.4 is 5.43 Å². The number of rotatable bonds is 3. The van der Waals surface area contributed by atoms with Crippen LogP contribution in [0.5, 0.6) is 0 Å². The fourth-order valence-corrected chi connectivity index (χ4v) is 1.58. The zero-order valence-corrected chi connectivity index (χ0v) is 9.79. The summed E-state index contributed by atoms with van der Waals surface area (Å²) in [7, 11) is 3.80. The summed E-state index contributed by atoms with van der Waals surface area (Å²) < 4.78 is 0. The van der Waals surface area contributed by atoms with E-state index in [0.717, 1.165) is 11.3 Å².